The molecule has 0 saturated carbocycles. The van der Waals surface area contributed by atoms with Gasteiger partial charge in [0.1, 0.15) is 23.9 Å². The van der Waals surface area contributed by atoms with Gasteiger partial charge in [0.15, 0.2) is 18.1 Å². The van der Waals surface area contributed by atoms with Crippen molar-refractivity contribution < 1.29 is 38.0 Å². The van der Waals surface area contributed by atoms with Crippen LogP contribution in [-0.2, 0) is 54.8 Å². The number of ether oxygens (including phenoxy) is 7. The van der Waals surface area contributed by atoms with Crippen LogP contribution < -0.4 is 4.74 Å². The number of rotatable bonds is 16. The van der Waals surface area contributed by atoms with Crippen LogP contribution in [0.2, 0.25) is 10.0 Å². The lowest BCUT2D eigenvalue weighted by Gasteiger charge is -2.45. The van der Waals surface area contributed by atoms with Crippen LogP contribution in [0.5, 0.6) is 5.75 Å². The molecule has 6 rings (SSSR count). The second-order valence-corrected chi connectivity index (χ2v) is 13.0. The minimum Gasteiger partial charge on any atom is -0.494 e. The molecule has 0 spiro atoms. The fourth-order valence-corrected chi connectivity index (χ4v) is 6.37. The van der Waals surface area contributed by atoms with E-state index in [1.807, 2.05) is 121 Å². The molecule has 1 aliphatic heterocycles. The molecule has 1 heterocycles. The number of methoxy groups -OCH3 is 1. The predicted molar refractivity (Wildman–Crippen MR) is 198 cm³/mol. The van der Waals surface area contributed by atoms with Crippen molar-refractivity contribution in [1.29, 1.82) is 0 Å². The highest BCUT2D eigenvalue weighted by molar-refractivity contribution is 6.37. The van der Waals surface area contributed by atoms with E-state index in [9.17, 15) is 4.79 Å². The van der Waals surface area contributed by atoms with Gasteiger partial charge in [-0.2, -0.15) is 0 Å². The molecule has 0 unspecified atom stereocenters. The summed E-state index contributed by atoms with van der Waals surface area (Å²) in [7, 11) is 1.41. The highest BCUT2D eigenvalue weighted by Gasteiger charge is 2.51. The van der Waals surface area contributed by atoms with E-state index in [-0.39, 0.29) is 47.8 Å². The van der Waals surface area contributed by atoms with Gasteiger partial charge in [-0.15, -0.1) is 0 Å². The summed E-state index contributed by atoms with van der Waals surface area (Å²) in [5, 5.41) is 0.319. The second kappa shape index (κ2) is 19.0. The van der Waals surface area contributed by atoms with Gasteiger partial charge in [0.25, 0.3) is 0 Å². The number of hydrogen-bond donors (Lipinski definition) is 0. The molecule has 8 nitrogen and oxygen atoms in total. The predicted octanol–water partition coefficient (Wildman–Crippen LogP) is 8.86. The standard InChI is InChI=1S/C42H40Cl2O8/c1-46-37-34(44)23-22-33(43)36(37)41(45)52-38-35(28-47-24-29-14-6-2-7-15-29)51-42(50-27-32-20-12-5-13-21-32)40(49-26-31-18-10-4-11-19-31)39(38)48-25-30-16-8-3-9-17-30/h2-23,35,38-40,42H,24-28H2,1H3/t35-,38-,39+,40-,42+/m1/s1. The van der Waals surface area contributed by atoms with Gasteiger partial charge in [0.05, 0.1) is 50.2 Å². The fourth-order valence-electron chi connectivity index (χ4n) is 5.91. The van der Waals surface area contributed by atoms with E-state index in [0.29, 0.717) is 6.61 Å². The monoisotopic (exact) mass is 742 g/mol. The first kappa shape index (κ1) is 37.5. The highest BCUT2D eigenvalue weighted by Crippen LogP contribution is 2.37. The van der Waals surface area contributed by atoms with Gasteiger partial charge in [0, 0.05) is 0 Å². The number of halogens is 2. The third-order valence-corrected chi connectivity index (χ3v) is 9.14. The third kappa shape index (κ3) is 9.99. The lowest BCUT2D eigenvalue weighted by Crippen LogP contribution is -2.62. The number of benzene rings is 5. The van der Waals surface area contributed by atoms with Crippen molar-refractivity contribution in [3.63, 3.8) is 0 Å². The van der Waals surface area contributed by atoms with Crippen LogP contribution >= 0.6 is 23.2 Å². The molecule has 10 heteroatoms. The first-order valence-electron chi connectivity index (χ1n) is 17.0. The Morgan fingerprint density at radius 2 is 1.04 bits per heavy atom. The molecular weight excluding hydrogens is 703 g/mol. The Balaban J connectivity index is 1.37. The number of esters is 1. The first-order chi connectivity index (χ1) is 25.5. The normalized spacial score (nSPS) is 19.9. The first-order valence-corrected chi connectivity index (χ1v) is 17.7. The summed E-state index contributed by atoms with van der Waals surface area (Å²) < 4.78 is 44.5. The van der Waals surface area contributed by atoms with Crippen molar-refractivity contribution in [2.75, 3.05) is 13.7 Å². The van der Waals surface area contributed by atoms with E-state index in [1.54, 1.807) is 6.07 Å². The summed E-state index contributed by atoms with van der Waals surface area (Å²) in [4.78, 5) is 14.1. The number of carbonyl (C=O) groups is 1. The molecule has 52 heavy (non-hydrogen) atoms. The topological polar surface area (TPSA) is 81.7 Å². The number of carbonyl (C=O) groups excluding carboxylic acids is 1. The Hall–Kier alpha value is -4.25. The van der Waals surface area contributed by atoms with Crippen molar-refractivity contribution in [2.45, 2.75) is 57.1 Å². The van der Waals surface area contributed by atoms with Crippen molar-refractivity contribution in [3.05, 3.63) is 171 Å². The zero-order valence-corrected chi connectivity index (χ0v) is 30.2. The van der Waals surface area contributed by atoms with Gasteiger partial charge in [-0.3, -0.25) is 0 Å². The Kier molecular flexibility index (Phi) is 13.7. The van der Waals surface area contributed by atoms with E-state index in [0.717, 1.165) is 22.3 Å². The molecule has 0 amide bonds. The molecule has 0 aliphatic carbocycles. The van der Waals surface area contributed by atoms with E-state index in [1.165, 1.54) is 13.2 Å². The zero-order chi connectivity index (χ0) is 36.1. The Bertz CT molecular complexity index is 1830. The minimum atomic E-state index is -1.05. The Morgan fingerprint density at radius 3 is 1.56 bits per heavy atom. The fraction of sp³-hybridized carbons (Fsp3) is 0.262. The SMILES string of the molecule is COc1c(Cl)ccc(Cl)c1C(=O)O[C@H]1[C@H](OCc2ccccc2)[C@@H](OCc2ccccc2)[C@@H](OCc2ccccc2)O[C@@H]1COCc1ccccc1. The molecule has 5 aromatic carbocycles. The van der Waals surface area contributed by atoms with Crippen molar-refractivity contribution >= 4 is 29.2 Å². The van der Waals surface area contributed by atoms with Gasteiger partial charge >= 0.3 is 5.97 Å². The maximum absolute atomic E-state index is 14.1. The Labute approximate surface area is 314 Å². The summed E-state index contributed by atoms with van der Waals surface area (Å²) in [5.74, 6) is -0.680. The average molecular weight is 744 g/mol. The molecule has 1 fully saturated rings. The minimum absolute atomic E-state index is 0.0216. The molecule has 1 saturated heterocycles. The molecule has 5 aromatic rings. The smallest absolute Gasteiger partial charge is 0.343 e. The van der Waals surface area contributed by atoms with Gasteiger partial charge in [-0.25, -0.2) is 4.79 Å². The largest absolute Gasteiger partial charge is 0.494 e. The second-order valence-electron chi connectivity index (χ2n) is 12.2. The van der Waals surface area contributed by atoms with E-state index in [2.05, 4.69) is 0 Å². The Morgan fingerprint density at radius 1 is 0.577 bits per heavy atom. The van der Waals surface area contributed by atoms with E-state index >= 15 is 0 Å². The van der Waals surface area contributed by atoms with Crippen LogP contribution in [0.3, 0.4) is 0 Å². The van der Waals surface area contributed by atoms with Crippen LogP contribution in [0, 0.1) is 0 Å². The van der Waals surface area contributed by atoms with Crippen molar-refractivity contribution in [3.8, 4) is 5.75 Å². The summed E-state index contributed by atoms with van der Waals surface area (Å²) >= 11 is 13.0. The third-order valence-electron chi connectivity index (χ3n) is 8.52. The lowest BCUT2D eigenvalue weighted by atomic mass is 9.97. The maximum atomic E-state index is 14.1. The average Bonchev–Trinajstić information content (AvgIpc) is 3.18. The summed E-state index contributed by atoms with van der Waals surface area (Å²) in [6, 6.07) is 42.1. The van der Waals surface area contributed by atoms with Gasteiger partial charge < -0.3 is 33.2 Å². The molecule has 0 N–H and O–H groups in total. The highest BCUT2D eigenvalue weighted by atomic mass is 35.5. The van der Waals surface area contributed by atoms with Gasteiger partial charge in [0.2, 0.25) is 0 Å². The van der Waals surface area contributed by atoms with Gasteiger partial charge in [-0.1, -0.05) is 145 Å². The van der Waals surface area contributed by atoms with Gasteiger partial charge in [-0.05, 0) is 34.4 Å². The molecular formula is C42H40Cl2O8. The van der Waals surface area contributed by atoms with E-state index < -0.39 is 36.7 Å². The maximum Gasteiger partial charge on any atom is 0.343 e. The van der Waals surface area contributed by atoms with Crippen LogP contribution in [0.15, 0.2) is 133 Å². The lowest BCUT2D eigenvalue weighted by molar-refractivity contribution is -0.323. The van der Waals surface area contributed by atoms with E-state index in [4.69, 9.17) is 56.4 Å². The van der Waals surface area contributed by atoms with Crippen LogP contribution in [0.4, 0.5) is 0 Å². The van der Waals surface area contributed by atoms with Crippen molar-refractivity contribution in [1.82, 2.24) is 0 Å². The molecule has 0 bridgehead atoms. The quantitative estimate of drug-likeness (QED) is 0.0928. The summed E-state index contributed by atoms with van der Waals surface area (Å²) in [6.45, 7) is 0.979. The summed E-state index contributed by atoms with van der Waals surface area (Å²) in [5.41, 5.74) is 3.75. The van der Waals surface area contributed by atoms with Crippen LogP contribution in [0.25, 0.3) is 0 Å². The van der Waals surface area contributed by atoms with Crippen LogP contribution in [0.1, 0.15) is 32.6 Å². The molecule has 270 valence electrons. The number of hydrogen-bond acceptors (Lipinski definition) is 8. The molecule has 5 atom stereocenters. The molecule has 0 radical (unpaired) electrons. The summed E-state index contributed by atoms with van der Waals surface area (Å²) in [6.07, 6.45) is -4.59. The molecule has 0 aromatic heterocycles. The van der Waals surface area contributed by atoms with Crippen LogP contribution in [-0.4, -0.2) is 50.4 Å². The molecule has 1 aliphatic rings. The zero-order valence-electron chi connectivity index (χ0n) is 28.6. The van der Waals surface area contributed by atoms with Crippen molar-refractivity contribution in [2.24, 2.45) is 0 Å².